The fraction of sp³-hybridized carbons (Fsp3) is 0.462. The number of carbonyl (C=O) groups excluding carboxylic acids is 1. The molecule has 1 heterocycles. The lowest BCUT2D eigenvalue weighted by Crippen LogP contribution is -2.41. The molecule has 1 aromatic rings. The smallest absolute Gasteiger partial charge is 0.243 e. The third-order valence-electron chi connectivity index (χ3n) is 2.97. The highest BCUT2D eigenvalue weighted by Crippen LogP contribution is 2.31. The number of hydrogen-bond donors (Lipinski definition) is 0. The van der Waals surface area contributed by atoms with Crippen LogP contribution in [0.5, 0.6) is 0 Å². The molecule has 0 unspecified atom stereocenters. The van der Waals surface area contributed by atoms with Crippen LogP contribution in [0.4, 0.5) is 0 Å². The minimum absolute atomic E-state index is 0.0151. The maximum Gasteiger partial charge on any atom is 0.243 e. The highest BCUT2D eigenvalue weighted by molar-refractivity contribution is 5.72. The summed E-state index contributed by atoms with van der Waals surface area (Å²) in [5.41, 5.74) is 1.14. The monoisotopic (exact) mass is 219 g/mol. The zero-order valence-corrected chi connectivity index (χ0v) is 9.72. The molecule has 1 saturated heterocycles. The lowest BCUT2D eigenvalue weighted by molar-refractivity contribution is -0.239. The molecule has 2 rings (SSSR count). The Labute approximate surface area is 96.0 Å². The van der Waals surface area contributed by atoms with Crippen molar-refractivity contribution in [3.63, 3.8) is 0 Å². The molecule has 3 nitrogen and oxygen atoms in total. The Balaban J connectivity index is 2.12. The average molecular weight is 219 g/mol. The predicted molar refractivity (Wildman–Crippen MR) is 61.5 cm³/mol. The van der Waals surface area contributed by atoms with Crippen LogP contribution in [0, 0.1) is 0 Å². The molecule has 16 heavy (non-hydrogen) atoms. The number of hydroxylamine groups is 2. The second kappa shape index (κ2) is 4.66. The van der Waals surface area contributed by atoms with Gasteiger partial charge in [-0.25, -0.2) is 5.06 Å². The van der Waals surface area contributed by atoms with E-state index in [0.717, 1.165) is 18.4 Å². The van der Waals surface area contributed by atoms with Crippen LogP contribution in [0.3, 0.4) is 0 Å². The van der Waals surface area contributed by atoms with Crippen molar-refractivity contribution >= 4 is 5.91 Å². The minimum Gasteiger partial charge on any atom is -0.273 e. The number of hydrogen-bond acceptors (Lipinski definition) is 2. The van der Waals surface area contributed by atoms with Crippen molar-refractivity contribution in [2.24, 2.45) is 0 Å². The van der Waals surface area contributed by atoms with Crippen molar-refractivity contribution < 1.29 is 9.63 Å². The zero-order chi connectivity index (χ0) is 11.5. The number of amides is 1. The van der Waals surface area contributed by atoms with E-state index in [1.54, 1.807) is 6.92 Å². The molecule has 1 amide bonds. The lowest BCUT2D eigenvalue weighted by Gasteiger charge is -2.36. The largest absolute Gasteiger partial charge is 0.273 e. The molecule has 0 saturated carbocycles. The van der Waals surface area contributed by atoms with Crippen molar-refractivity contribution in [3.05, 3.63) is 35.9 Å². The number of nitrogens with zero attached hydrogens (tertiary/aromatic N) is 1. The quantitative estimate of drug-likeness (QED) is 0.726. The molecule has 1 aliphatic rings. The topological polar surface area (TPSA) is 29.5 Å². The molecule has 0 aliphatic carbocycles. The highest BCUT2D eigenvalue weighted by atomic mass is 16.7. The van der Waals surface area contributed by atoms with E-state index >= 15 is 0 Å². The fourth-order valence-corrected chi connectivity index (χ4v) is 2.08. The van der Waals surface area contributed by atoms with E-state index in [2.05, 4.69) is 0 Å². The third kappa shape index (κ3) is 2.25. The number of carbonyl (C=O) groups is 1. The molecule has 86 valence electrons. The number of rotatable bonds is 1. The molecule has 1 aromatic carbocycles. The van der Waals surface area contributed by atoms with Crippen LogP contribution in [0.25, 0.3) is 0 Å². The first-order valence-electron chi connectivity index (χ1n) is 5.70. The molecule has 1 aliphatic heterocycles. The Kier molecular flexibility index (Phi) is 3.25. The maximum atomic E-state index is 11.4. The SMILES string of the molecule is CC(=O)N1O[C@H](c2ccccc2)CC[C@@H]1C. The van der Waals surface area contributed by atoms with Gasteiger partial charge >= 0.3 is 0 Å². The summed E-state index contributed by atoms with van der Waals surface area (Å²) in [5, 5.41) is 1.50. The molecule has 0 radical (unpaired) electrons. The Hall–Kier alpha value is -1.35. The third-order valence-corrected chi connectivity index (χ3v) is 2.97. The normalized spacial score (nSPS) is 25.5. The van der Waals surface area contributed by atoms with Gasteiger partial charge in [-0.1, -0.05) is 30.3 Å². The summed E-state index contributed by atoms with van der Waals surface area (Å²) >= 11 is 0. The van der Waals surface area contributed by atoms with Gasteiger partial charge in [0.05, 0.1) is 6.04 Å². The predicted octanol–water partition coefficient (Wildman–Crippen LogP) is 2.69. The van der Waals surface area contributed by atoms with Gasteiger partial charge in [0.25, 0.3) is 0 Å². The van der Waals surface area contributed by atoms with Crippen molar-refractivity contribution in [1.82, 2.24) is 5.06 Å². The summed E-state index contributed by atoms with van der Waals surface area (Å²) in [5.74, 6) is -0.0202. The molecule has 1 fully saturated rings. The van der Waals surface area contributed by atoms with Gasteiger partial charge in [-0.15, -0.1) is 0 Å². The Morgan fingerprint density at radius 1 is 1.31 bits per heavy atom. The van der Waals surface area contributed by atoms with Gasteiger partial charge < -0.3 is 0 Å². The first-order valence-corrected chi connectivity index (χ1v) is 5.70. The van der Waals surface area contributed by atoms with Crippen molar-refractivity contribution in [3.8, 4) is 0 Å². The second-order valence-electron chi connectivity index (χ2n) is 4.28. The van der Waals surface area contributed by atoms with E-state index < -0.39 is 0 Å². The lowest BCUT2D eigenvalue weighted by atomic mass is 10.0. The summed E-state index contributed by atoms with van der Waals surface area (Å²) in [6.45, 7) is 3.56. The second-order valence-corrected chi connectivity index (χ2v) is 4.28. The maximum absolute atomic E-state index is 11.4. The molecule has 0 aromatic heterocycles. The first-order chi connectivity index (χ1) is 7.68. The van der Waals surface area contributed by atoms with Crippen molar-refractivity contribution in [1.29, 1.82) is 0 Å². The van der Waals surface area contributed by atoms with E-state index in [9.17, 15) is 4.79 Å². The molecular formula is C13H17NO2. The Morgan fingerprint density at radius 3 is 2.62 bits per heavy atom. The standard InChI is InChI=1S/C13H17NO2/c1-10-8-9-13(16-14(10)11(2)15)12-6-4-3-5-7-12/h3-7,10,13H,8-9H2,1-2H3/t10-,13-/m0/s1. The van der Waals surface area contributed by atoms with Gasteiger partial charge in [-0.3, -0.25) is 9.63 Å². The molecule has 0 bridgehead atoms. The van der Waals surface area contributed by atoms with Crippen LogP contribution in [0.1, 0.15) is 38.4 Å². The van der Waals surface area contributed by atoms with Gasteiger partial charge in [0.2, 0.25) is 5.91 Å². The van der Waals surface area contributed by atoms with Crippen LogP contribution >= 0.6 is 0 Å². The molecule has 3 heteroatoms. The first kappa shape index (κ1) is 11.1. The average Bonchev–Trinajstić information content (AvgIpc) is 2.30. The van der Waals surface area contributed by atoms with Gasteiger partial charge in [0.1, 0.15) is 6.10 Å². The summed E-state index contributed by atoms with van der Waals surface area (Å²) in [7, 11) is 0. The summed E-state index contributed by atoms with van der Waals surface area (Å²) in [6.07, 6.45) is 1.97. The molecule has 2 atom stereocenters. The summed E-state index contributed by atoms with van der Waals surface area (Å²) in [4.78, 5) is 17.1. The zero-order valence-electron chi connectivity index (χ0n) is 9.72. The van der Waals surface area contributed by atoms with Gasteiger partial charge in [0.15, 0.2) is 0 Å². The molecule has 0 spiro atoms. The van der Waals surface area contributed by atoms with Crippen LogP contribution in [0.2, 0.25) is 0 Å². The fourth-order valence-electron chi connectivity index (χ4n) is 2.08. The van der Waals surface area contributed by atoms with Gasteiger partial charge in [-0.05, 0) is 25.3 Å². The minimum atomic E-state index is -0.0202. The number of benzene rings is 1. The Bertz CT molecular complexity index is 363. The highest BCUT2D eigenvalue weighted by Gasteiger charge is 2.29. The van der Waals surface area contributed by atoms with Crippen LogP contribution < -0.4 is 0 Å². The van der Waals surface area contributed by atoms with Crippen LogP contribution in [-0.4, -0.2) is 17.0 Å². The summed E-state index contributed by atoms with van der Waals surface area (Å²) in [6, 6.07) is 10.2. The van der Waals surface area contributed by atoms with E-state index in [4.69, 9.17) is 4.84 Å². The van der Waals surface area contributed by atoms with Crippen molar-refractivity contribution in [2.75, 3.05) is 0 Å². The Morgan fingerprint density at radius 2 is 2.00 bits per heavy atom. The van der Waals surface area contributed by atoms with E-state index in [0.29, 0.717) is 0 Å². The van der Waals surface area contributed by atoms with E-state index in [1.165, 1.54) is 5.06 Å². The molecule has 0 N–H and O–H groups in total. The van der Waals surface area contributed by atoms with Crippen molar-refractivity contribution in [2.45, 2.75) is 38.8 Å². The van der Waals surface area contributed by atoms with E-state index in [-0.39, 0.29) is 18.1 Å². The molecular weight excluding hydrogens is 202 g/mol. The summed E-state index contributed by atoms with van der Waals surface area (Å²) < 4.78 is 0. The van der Waals surface area contributed by atoms with Crippen LogP contribution in [0.15, 0.2) is 30.3 Å². The van der Waals surface area contributed by atoms with E-state index in [1.807, 2.05) is 37.3 Å². The van der Waals surface area contributed by atoms with Gasteiger partial charge in [-0.2, -0.15) is 0 Å². The van der Waals surface area contributed by atoms with Gasteiger partial charge in [0, 0.05) is 6.92 Å². The van der Waals surface area contributed by atoms with Crippen LogP contribution in [-0.2, 0) is 9.63 Å².